The Balaban J connectivity index is 1.97. The molecule has 2 nitrogen and oxygen atoms in total. The topological polar surface area (TPSA) is 20.3 Å². The molecular weight excluding hydrogens is 174 g/mol. The molecule has 1 saturated carbocycles. The van der Waals surface area contributed by atoms with Crippen LogP contribution in [0.25, 0.3) is 0 Å². The van der Waals surface area contributed by atoms with E-state index in [0.29, 0.717) is 17.7 Å². The predicted molar refractivity (Wildman–Crippen MR) is 54.7 cm³/mol. The van der Waals surface area contributed by atoms with E-state index in [4.69, 9.17) is 0 Å². The lowest BCUT2D eigenvalue weighted by atomic mass is 9.84. The van der Waals surface area contributed by atoms with Gasteiger partial charge in [-0.3, -0.25) is 4.79 Å². The number of carbonyl (C=O) groups excluding carboxylic acids is 1. The van der Waals surface area contributed by atoms with Crippen LogP contribution in [-0.4, -0.2) is 23.3 Å². The highest BCUT2D eigenvalue weighted by Gasteiger charge is 2.44. The van der Waals surface area contributed by atoms with Crippen LogP contribution < -0.4 is 0 Å². The minimum atomic E-state index is 0.315. The molecule has 0 aromatic carbocycles. The maximum Gasteiger partial charge on any atom is 0.184 e. The number of fused-ring (bicyclic) bond motifs is 3. The van der Waals surface area contributed by atoms with E-state index in [1.807, 2.05) is 12.2 Å². The Morgan fingerprint density at radius 2 is 2.14 bits per heavy atom. The number of allylic oxidation sites excluding steroid dienone is 3. The zero-order valence-corrected chi connectivity index (χ0v) is 8.28. The summed E-state index contributed by atoms with van der Waals surface area (Å²) in [6, 6.07) is 0.521. The summed E-state index contributed by atoms with van der Waals surface area (Å²) in [4.78, 5) is 14.3. The summed E-state index contributed by atoms with van der Waals surface area (Å²) in [7, 11) is 0. The molecule has 2 atom stereocenters. The largest absolute Gasteiger partial charge is 0.361 e. The lowest BCUT2D eigenvalue weighted by Crippen LogP contribution is -2.34. The Morgan fingerprint density at radius 1 is 1.29 bits per heavy atom. The SMILES string of the molecule is O=C1C2=CC=CCN2C2CCCCC12. The summed E-state index contributed by atoms with van der Waals surface area (Å²) in [5.41, 5.74) is 0.976. The van der Waals surface area contributed by atoms with Gasteiger partial charge in [-0.05, 0) is 18.9 Å². The number of nitrogens with zero attached hydrogens (tertiary/aromatic N) is 1. The molecule has 2 aliphatic heterocycles. The van der Waals surface area contributed by atoms with Gasteiger partial charge in [0.1, 0.15) is 0 Å². The third kappa shape index (κ3) is 0.999. The zero-order valence-electron chi connectivity index (χ0n) is 8.28. The second-order valence-corrected chi connectivity index (χ2v) is 4.45. The number of ketones is 1. The first-order chi connectivity index (χ1) is 6.88. The molecular formula is C12H15NO. The molecule has 0 radical (unpaired) electrons. The lowest BCUT2D eigenvalue weighted by Gasteiger charge is -2.31. The molecule has 0 amide bonds. The molecule has 14 heavy (non-hydrogen) atoms. The van der Waals surface area contributed by atoms with Crippen molar-refractivity contribution in [1.82, 2.24) is 4.90 Å². The number of Topliss-reactive ketones (excluding diaryl/α,β-unsaturated/α-hetero) is 1. The van der Waals surface area contributed by atoms with Crippen LogP contribution in [0.1, 0.15) is 25.7 Å². The number of rotatable bonds is 0. The van der Waals surface area contributed by atoms with Crippen LogP contribution in [0.15, 0.2) is 23.9 Å². The van der Waals surface area contributed by atoms with Crippen LogP contribution in [0.5, 0.6) is 0 Å². The summed E-state index contributed by atoms with van der Waals surface area (Å²) in [6.45, 7) is 0.943. The number of carbonyl (C=O) groups is 1. The molecule has 2 fully saturated rings. The first-order valence-corrected chi connectivity index (χ1v) is 5.55. The molecule has 3 rings (SSSR count). The summed E-state index contributed by atoms with van der Waals surface area (Å²) < 4.78 is 0. The minimum absolute atomic E-state index is 0.315. The van der Waals surface area contributed by atoms with Crippen molar-refractivity contribution in [2.24, 2.45) is 5.92 Å². The average molecular weight is 189 g/mol. The molecule has 0 N–H and O–H groups in total. The van der Waals surface area contributed by atoms with Crippen LogP contribution in [-0.2, 0) is 4.79 Å². The van der Waals surface area contributed by atoms with E-state index in [1.54, 1.807) is 0 Å². The van der Waals surface area contributed by atoms with Crippen molar-refractivity contribution in [2.45, 2.75) is 31.7 Å². The van der Waals surface area contributed by atoms with E-state index in [-0.39, 0.29) is 0 Å². The van der Waals surface area contributed by atoms with Gasteiger partial charge in [0.25, 0.3) is 0 Å². The zero-order chi connectivity index (χ0) is 9.54. The van der Waals surface area contributed by atoms with E-state index >= 15 is 0 Å². The summed E-state index contributed by atoms with van der Waals surface area (Å²) in [5, 5.41) is 0. The highest BCUT2D eigenvalue weighted by molar-refractivity contribution is 6.00. The van der Waals surface area contributed by atoms with Crippen molar-refractivity contribution in [3.63, 3.8) is 0 Å². The Bertz CT molecular complexity index is 329. The van der Waals surface area contributed by atoms with E-state index < -0.39 is 0 Å². The Kier molecular flexibility index (Phi) is 1.76. The molecule has 0 aromatic heterocycles. The Hall–Kier alpha value is -1.05. The molecule has 2 heteroatoms. The fourth-order valence-corrected chi connectivity index (χ4v) is 3.05. The van der Waals surface area contributed by atoms with Gasteiger partial charge in [-0.1, -0.05) is 25.0 Å². The van der Waals surface area contributed by atoms with Gasteiger partial charge in [0.15, 0.2) is 5.78 Å². The summed E-state index contributed by atoms with van der Waals surface area (Å²) in [6.07, 6.45) is 11.0. The third-order valence-corrected chi connectivity index (χ3v) is 3.72. The van der Waals surface area contributed by atoms with Crippen LogP contribution >= 0.6 is 0 Å². The van der Waals surface area contributed by atoms with E-state index in [1.165, 1.54) is 19.3 Å². The van der Waals surface area contributed by atoms with Crippen molar-refractivity contribution >= 4 is 5.78 Å². The second kappa shape index (κ2) is 2.97. The summed E-state index contributed by atoms with van der Waals surface area (Å²) in [5.74, 6) is 0.717. The Labute approximate surface area is 84.3 Å². The lowest BCUT2D eigenvalue weighted by molar-refractivity contribution is -0.118. The smallest absolute Gasteiger partial charge is 0.184 e. The monoisotopic (exact) mass is 189 g/mol. The second-order valence-electron chi connectivity index (χ2n) is 4.45. The van der Waals surface area contributed by atoms with Crippen LogP contribution in [0, 0.1) is 5.92 Å². The minimum Gasteiger partial charge on any atom is -0.361 e. The molecule has 1 aliphatic carbocycles. The van der Waals surface area contributed by atoms with Gasteiger partial charge in [-0.2, -0.15) is 0 Å². The molecule has 2 unspecified atom stereocenters. The first kappa shape index (κ1) is 8.27. The Morgan fingerprint density at radius 3 is 3.07 bits per heavy atom. The normalized spacial score (nSPS) is 35.3. The maximum atomic E-state index is 12.0. The van der Waals surface area contributed by atoms with Crippen molar-refractivity contribution in [2.75, 3.05) is 6.54 Å². The number of hydrogen-bond donors (Lipinski definition) is 0. The fraction of sp³-hybridized carbons (Fsp3) is 0.583. The third-order valence-electron chi connectivity index (χ3n) is 3.72. The van der Waals surface area contributed by atoms with Crippen LogP contribution in [0.3, 0.4) is 0 Å². The molecule has 74 valence electrons. The van der Waals surface area contributed by atoms with Crippen molar-refractivity contribution < 1.29 is 4.79 Å². The highest BCUT2D eigenvalue weighted by Crippen LogP contribution is 2.39. The number of hydrogen-bond acceptors (Lipinski definition) is 2. The van der Waals surface area contributed by atoms with Gasteiger partial charge in [0, 0.05) is 18.5 Å². The van der Waals surface area contributed by atoms with Gasteiger partial charge < -0.3 is 4.90 Å². The van der Waals surface area contributed by atoms with Gasteiger partial charge in [0.05, 0.1) is 5.70 Å². The van der Waals surface area contributed by atoms with Gasteiger partial charge >= 0.3 is 0 Å². The predicted octanol–water partition coefficient (Wildman–Crippen LogP) is 1.88. The summed E-state index contributed by atoms with van der Waals surface area (Å²) >= 11 is 0. The molecule has 0 spiro atoms. The van der Waals surface area contributed by atoms with Crippen LogP contribution in [0.2, 0.25) is 0 Å². The standard InChI is InChI=1S/C12H15NO/c14-12-9-5-1-2-6-10(9)13-8-4-3-7-11(12)13/h3-4,7,9-10H,1-2,5-6,8H2. The molecule has 1 saturated heterocycles. The van der Waals surface area contributed by atoms with Gasteiger partial charge in [-0.15, -0.1) is 0 Å². The molecule has 0 aromatic rings. The van der Waals surface area contributed by atoms with E-state index in [2.05, 4.69) is 11.0 Å². The quantitative estimate of drug-likeness (QED) is 0.580. The van der Waals surface area contributed by atoms with Crippen molar-refractivity contribution in [3.8, 4) is 0 Å². The highest BCUT2D eigenvalue weighted by atomic mass is 16.1. The maximum absolute atomic E-state index is 12.0. The van der Waals surface area contributed by atoms with Gasteiger partial charge in [0.2, 0.25) is 0 Å². The molecule has 3 aliphatic rings. The van der Waals surface area contributed by atoms with Gasteiger partial charge in [-0.25, -0.2) is 0 Å². The fourth-order valence-electron chi connectivity index (χ4n) is 3.05. The first-order valence-electron chi connectivity index (χ1n) is 5.55. The van der Waals surface area contributed by atoms with Crippen LogP contribution in [0.4, 0.5) is 0 Å². The van der Waals surface area contributed by atoms with E-state index in [0.717, 1.165) is 18.7 Å². The molecule has 2 heterocycles. The van der Waals surface area contributed by atoms with Crippen molar-refractivity contribution in [1.29, 1.82) is 0 Å². The van der Waals surface area contributed by atoms with E-state index in [9.17, 15) is 4.79 Å². The molecule has 0 bridgehead atoms. The average Bonchev–Trinajstić information content (AvgIpc) is 2.55. The van der Waals surface area contributed by atoms with Crippen molar-refractivity contribution in [3.05, 3.63) is 23.9 Å².